The zero-order valence-corrected chi connectivity index (χ0v) is 18.1. The second-order valence-electron chi connectivity index (χ2n) is 7.50. The lowest BCUT2D eigenvalue weighted by Gasteiger charge is -2.18. The zero-order chi connectivity index (χ0) is 20.5. The highest BCUT2D eigenvalue weighted by Gasteiger charge is 2.16. The molecular formula is C24H25N3OS. The summed E-state index contributed by atoms with van der Waals surface area (Å²) >= 11 is 1.45. The Morgan fingerprint density at radius 1 is 1.03 bits per heavy atom. The first kappa shape index (κ1) is 19.4. The molecule has 0 bridgehead atoms. The molecule has 4 rings (SSSR count). The zero-order valence-electron chi connectivity index (χ0n) is 17.2. The third-order valence-electron chi connectivity index (χ3n) is 5.72. The van der Waals surface area contributed by atoms with Gasteiger partial charge in [-0.15, -0.1) is 11.3 Å². The molecule has 0 fully saturated rings. The van der Waals surface area contributed by atoms with Crippen LogP contribution in [0.1, 0.15) is 43.3 Å². The van der Waals surface area contributed by atoms with Crippen molar-refractivity contribution in [2.75, 3.05) is 0 Å². The molecule has 4 nitrogen and oxygen atoms in total. The molecule has 2 heterocycles. The monoisotopic (exact) mass is 403 g/mol. The van der Waals surface area contributed by atoms with Gasteiger partial charge in [0.25, 0.3) is 5.91 Å². The first-order chi connectivity index (χ1) is 14.0. The summed E-state index contributed by atoms with van der Waals surface area (Å²) in [5.41, 5.74) is 8.62. The number of carbonyl (C=O) groups is 1. The van der Waals surface area contributed by atoms with E-state index in [0.29, 0.717) is 11.4 Å². The summed E-state index contributed by atoms with van der Waals surface area (Å²) in [6.07, 6.45) is 0. The number of aryl methyl sites for hydroxylation is 2. The molecule has 2 aromatic carbocycles. The number of imidazole rings is 1. The lowest BCUT2D eigenvalue weighted by molar-refractivity contribution is 0.0953. The standard InChI is InChI=1S/C24H25N3OS/c1-15-12-16(2)18(4)19(17(15)3)14-27-21-9-6-5-8-20(21)26-23(27)13-25-24(28)22-10-7-11-29-22/h5-12H,13-14H2,1-4H3,(H,25,28). The second kappa shape index (κ2) is 7.84. The number of nitrogens with one attached hydrogen (secondary N) is 1. The van der Waals surface area contributed by atoms with Crippen molar-refractivity contribution < 1.29 is 4.79 Å². The van der Waals surface area contributed by atoms with E-state index >= 15 is 0 Å². The van der Waals surface area contributed by atoms with E-state index in [-0.39, 0.29) is 5.91 Å². The first-order valence-electron chi connectivity index (χ1n) is 9.78. The highest BCUT2D eigenvalue weighted by atomic mass is 32.1. The van der Waals surface area contributed by atoms with Crippen LogP contribution in [-0.4, -0.2) is 15.5 Å². The van der Waals surface area contributed by atoms with Gasteiger partial charge >= 0.3 is 0 Å². The molecule has 0 radical (unpaired) electrons. The highest BCUT2D eigenvalue weighted by Crippen LogP contribution is 2.25. The number of para-hydroxylation sites is 2. The van der Waals surface area contributed by atoms with Crippen LogP contribution in [0.4, 0.5) is 0 Å². The molecule has 0 saturated carbocycles. The Hall–Kier alpha value is -2.92. The summed E-state index contributed by atoms with van der Waals surface area (Å²) in [5.74, 6) is 0.812. The number of rotatable bonds is 5. The SMILES string of the molecule is Cc1cc(C)c(C)c(Cn2c(CNC(=O)c3cccs3)nc3ccccc32)c1C. The predicted molar refractivity (Wildman–Crippen MR) is 120 cm³/mol. The molecule has 0 spiro atoms. The van der Waals surface area contributed by atoms with Gasteiger partial charge in [-0.2, -0.15) is 0 Å². The van der Waals surface area contributed by atoms with Crippen molar-refractivity contribution in [1.29, 1.82) is 0 Å². The van der Waals surface area contributed by atoms with Crippen LogP contribution in [0.15, 0.2) is 47.8 Å². The Labute approximate surface area is 175 Å². The fourth-order valence-electron chi connectivity index (χ4n) is 3.78. The molecule has 29 heavy (non-hydrogen) atoms. The predicted octanol–water partition coefficient (Wildman–Crippen LogP) is 5.31. The maximum atomic E-state index is 12.4. The molecule has 148 valence electrons. The van der Waals surface area contributed by atoms with Crippen LogP contribution >= 0.6 is 11.3 Å². The summed E-state index contributed by atoms with van der Waals surface area (Å²) in [5, 5.41) is 4.94. The van der Waals surface area contributed by atoms with Crippen LogP contribution in [0.5, 0.6) is 0 Å². The van der Waals surface area contributed by atoms with Gasteiger partial charge in [-0.3, -0.25) is 4.79 Å². The maximum absolute atomic E-state index is 12.4. The van der Waals surface area contributed by atoms with Crippen LogP contribution in [0, 0.1) is 27.7 Å². The molecule has 1 amide bonds. The molecule has 0 aliphatic rings. The van der Waals surface area contributed by atoms with E-state index in [2.05, 4.69) is 49.7 Å². The van der Waals surface area contributed by atoms with Gasteiger partial charge in [0.05, 0.1) is 22.5 Å². The Balaban J connectivity index is 1.72. The summed E-state index contributed by atoms with van der Waals surface area (Å²) < 4.78 is 2.23. The quantitative estimate of drug-likeness (QED) is 0.491. The molecule has 1 N–H and O–H groups in total. The minimum Gasteiger partial charge on any atom is -0.344 e. The van der Waals surface area contributed by atoms with Gasteiger partial charge in [-0.05, 0) is 79.1 Å². The molecule has 0 unspecified atom stereocenters. The summed E-state index contributed by atoms with van der Waals surface area (Å²) in [7, 11) is 0. The van der Waals surface area contributed by atoms with Crippen LogP contribution in [0.25, 0.3) is 11.0 Å². The van der Waals surface area contributed by atoms with Gasteiger partial charge in [-0.25, -0.2) is 4.98 Å². The lowest BCUT2D eigenvalue weighted by atomic mass is 9.94. The van der Waals surface area contributed by atoms with Crippen molar-refractivity contribution in [2.45, 2.75) is 40.8 Å². The number of hydrogen-bond donors (Lipinski definition) is 1. The van der Waals surface area contributed by atoms with Gasteiger partial charge in [0.2, 0.25) is 0 Å². The van der Waals surface area contributed by atoms with Gasteiger partial charge in [-0.1, -0.05) is 24.3 Å². The van der Waals surface area contributed by atoms with Gasteiger partial charge in [0, 0.05) is 6.54 Å². The number of amides is 1. The molecule has 0 aliphatic heterocycles. The fraction of sp³-hybridized carbons (Fsp3) is 0.250. The average molecular weight is 404 g/mol. The molecule has 5 heteroatoms. The summed E-state index contributed by atoms with van der Waals surface area (Å²) in [4.78, 5) is 18.0. The van der Waals surface area contributed by atoms with Gasteiger partial charge in [0.1, 0.15) is 5.82 Å². The van der Waals surface area contributed by atoms with Gasteiger partial charge < -0.3 is 9.88 Å². The largest absolute Gasteiger partial charge is 0.344 e. The van der Waals surface area contributed by atoms with Crippen LogP contribution in [0.2, 0.25) is 0 Å². The number of carbonyl (C=O) groups excluding carboxylic acids is 1. The van der Waals surface area contributed by atoms with E-state index in [1.165, 1.54) is 39.2 Å². The first-order valence-corrected chi connectivity index (χ1v) is 10.7. The van der Waals surface area contributed by atoms with E-state index in [1.54, 1.807) is 0 Å². The fourth-order valence-corrected chi connectivity index (χ4v) is 4.42. The Kier molecular flexibility index (Phi) is 5.24. The van der Waals surface area contributed by atoms with Crippen molar-refractivity contribution in [1.82, 2.24) is 14.9 Å². The van der Waals surface area contributed by atoms with Crippen molar-refractivity contribution in [3.63, 3.8) is 0 Å². The number of thiophene rings is 1. The van der Waals surface area contributed by atoms with E-state index in [0.717, 1.165) is 23.4 Å². The van der Waals surface area contributed by atoms with Crippen LogP contribution < -0.4 is 5.32 Å². The number of fused-ring (bicyclic) bond motifs is 1. The van der Waals surface area contributed by atoms with Crippen molar-refractivity contribution in [3.05, 3.63) is 86.4 Å². The number of nitrogens with zero attached hydrogens (tertiary/aromatic N) is 2. The molecule has 0 saturated heterocycles. The second-order valence-corrected chi connectivity index (χ2v) is 8.45. The van der Waals surface area contributed by atoms with Crippen molar-refractivity contribution in [2.24, 2.45) is 0 Å². The smallest absolute Gasteiger partial charge is 0.261 e. The topological polar surface area (TPSA) is 46.9 Å². The normalized spacial score (nSPS) is 11.2. The number of benzene rings is 2. The van der Waals surface area contributed by atoms with E-state index in [1.807, 2.05) is 35.7 Å². The van der Waals surface area contributed by atoms with E-state index < -0.39 is 0 Å². The summed E-state index contributed by atoms with van der Waals surface area (Å²) in [6, 6.07) is 14.1. The molecule has 0 atom stereocenters. The molecule has 4 aromatic rings. The Morgan fingerprint density at radius 3 is 2.45 bits per heavy atom. The van der Waals surface area contributed by atoms with E-state index in [4.69, 9.17) is 4.98 Å². The van der Waals surface area contributed by atoms with Crippen molar-refractivity contribution in [3.8, 4) is 0 Å². The lowest BCUT2D eigenvalue weighted by Crippen LogP contribution is -2.24. The van der Waals surface area contributed by atoms with Crippen LogP contribution in [0.3, 0.4) is 0 Å². The Bertz CT molecular complexity index is 1160. The third kappa shape index (κ3) is 3.70. The maximum Gasteiger partial charge on any atom is 0.261 e. The minimum absolute atomic E-state index is 0.0580. The third-order valence-corrected chi connectivity index (χ3v) is 6.59. The van der Waals surface area contributed by atoms with Crippen LogP contribution in [-0.2, 0) is 13.1 Å². The molecular weight excluding hydrogens is 378 g/mol. The number of hydrogen-bond acceptors (Lipinski definition) is 3. The van der Waals surface area contributed by atoms with Gasteiger partial charge in [0.15, 0.2) is 0 Å². The summed E-state index contributed by atoms with van der Waals surface area (Å²) in [6.45, 7) is 9.85. The average Bonchev–Trinajstić information content (AvgIpc) is 3.36. The van der Waals surface area contributed by atoms with E-state index in [9.17, 15) is 4.79 Å². The molecule has 2 aromatic heterocycles. The Morgan fingerprint density at radius 2 is 1.76 bits per heavy atom. The minimum atomic E-state index is -0.0580. The molecule has 0 aliphatic carbocycles. The number of aromatic nitrogens is 2. The highest BCUT2D eigenvalue weighted by molar-refractivity contribution is 7.12. The van der Waals surface area contributed by atoms with Crippen molar-refractivity contribution >= 4 is 28.3 Å².